The van der Waals surface area contributed by atoms with E-state index >= 15 is 0 Å². The summed E-state index contributed by atoms with van der Waals surface area (Å²) in [5, 5.41) is 3.57. The molecule has 4 rings (SSSR count). The molecule has 1 aliphatic rings. The van der Waals surface area contributed by atoms with E-state index in [0.717, 1.165) is 4.52 Å². The maximum absolute atomic E-state index is 13.4. The van der Waals surface area contributed by atoms with E-state index < -0.39 is 11.9 Å². The molecule has 0 fully saturated rings. The van der Waals surface area contributed by atoms with Crippen LogP contribution in [-0.2, 0) is 10.9 Å². The highest BCUT2D eigenvalue weighted by atomic mass is 19.4. The molecule has 0 spiro atoms. The van der Waals surface area contributed by atoms with Crippen LogP contribution >= 0.6 is 0 Å². The SMILES string of the molecule is CCN1C=CO/C1=C\C=c1/c(C(F)(F)F)nn2c1nc1cccnc12. The zero-order valence-corrected chi connectivity index (χ0v) is 13.0. The molecule has 0 bridgehead atoms. The van der Waals surface area contributed by atoms with E-state index in [1.54, 1.807) is 23.2 Å². The quantitative estimate of drug-likeness (QED) is 0.713. The summed E-state index contributed by atoms with van der Waals surface area (Å²) < 4.78 is 46.6. The van der Waals surface area contributed by atoms with Crippen molar-refractivity contribution < 1.29 is 17.9 Å². The summed E-state index contributed by atoms with van der Waals surface area (Å²) in [5.41, 5.74) is -0.139. The molecule has 0 aliphatic carbocycles. The second-order valence-electron chi connectivity index (χ2n) is 5.31. The van der Waals surface area contributed by atoms with Gasteiger partial charge in [-0.15, -0.1) is 0 Å². The van der Waals surface area contributed by atoms with Crippen molar-refractivity contribution in [2.75, 3.05) is 6.54 Å². The number of rotatable bonds is 2. The topological polar surface area (TPSA) is 55.5 Å². The summed E-state index contributed by atoms with van der Waals surface area (Å²) in [5.74, 6) is 0.434. The minimum Gasteiger partial charge on any atom is -0.447 e. The predicted molar refractivity (Wildman–Crippen MR) is 83.7 cm³/mol. The normalized spacial score (nSPS) is 17.4. The number of alkyl halides is 3. The van der Waals surface area contributed by atoms with Gasteiger partial charge in [-0.25, -0.2) is 9.97 Å². The van der Waals surface area contributed by atoms with E-state index in [4.69, 9.17) is 4.74 Å². The van der Waals surface area contributed by atoms with Gasteiger partial charge in [-0.2, -0.15) is 22.8 Å². The van der Waals surface area contributed by atoms with E-state index in [9.17, 15) is 13.2 Å². The van der Waals surface area contributed by atoms with Crippen molar-refractivity contribution in [2.24, 2.45) is 0 Å². The number of allylic oxidation sites excluding steroid dienone is 1. The number of pyridine rings is 1. The molecule has 4 heterocycles. The maximum atomic E-state index is 13.4. The number of nitrogens with zero attached hydrogens (tertiary/aromatic N) is 5. The van der Waals surface area contributed by atoms with Gasteiger partial charge in [-0.1, -0.05) is 0 Å². The standard InChI is InChI=1S/C16H12F3N5O/c1-2-23-8-9-25-12(23)6-5-10-13(16(17,18)19)22-24-14(10)21-11-4-3-7-20-15(11)24/h3-9H,2H2,1H3/b10-5+,12-6-. The molecule has 25 heavy (non-hydrogen) atoms. The molecule has 128 valence electrons. The van der Waals surface area contributed by atoms with Gasteiger partial charge in [0.25, 0.3) is 0 Å². The highest BCUT2D eigenvalue weighted by Crippen LogP contribution is 2.27. The molecule has 0 atom stereocenters. The van der Waals surface area contributed by atoms with Crippen molar-refractivity contribution in [1.82, 2.24) is 24.5 Å². The van der Waals surface area contributed by atoms with Crippen molar-refractivity contribution >= 4 is 22.9 Å². The molecule has 0 N–H and O–H groups in total. The van der Waals surface area contributed by atoms with Crippen LogP contribution < -0.4 is 5.22 Å². The molecule has 0 aromatic carbocycles. The fourth-order valence-corrected chi connectivity index (χ4v) is 2.66. The largest absolute Gasteiger partial charge is 0.447 e. The van der Waals surface area contributed by atoms with E-state index in [0.29, 0.717) is 17.9 Å². The van der Waals surface area contributed by atoms with Crippen LogP contribution in [0.3, 0.4) is 0 Å². The van der Waals surface area contributed by atoms with Gasteiger partial charge in [0.1, 0.15) is 11.8 Å². The summed E-state index contributed by atoms with van der Waals surface area (Å²) in [6.07, 6.45) is 2.86. The average Bonchev–Trinajstić information content (AvgIpc) is 3.25. The molecule has 3 aromatic heterocycles. The van der Waals surface area contributed by atoms with Crippen LogP contribution in [0.15, 0.2) is 42.8 Å². The Morgan fingerprint density at radius 1 is 1.24 bits per heavy atom. The number of hydrogen-bond donors (Lipinski definition) is 0. The van der Waals surface area contributed by atoms with Crippen molar-refractivity contribution in [3.8, 4) is 0 Å². The molecule has 3 aromatic rings. The summed E-state index contributed by atoms with van der Waals surface area (Å²) in [4.78, 5) is 10.1. The van der Waals surface area contributed by atoms with Crippen LogP contribution in [0.4, 0.5) is 13.2 Å². The Balaban J connectivity index is 1.97. The van der Waals surface area contributed by atoms with E-state index in [1.165, 1.54) is 24.6 Å². The molecular formula is C16H12F3N5O. The van der Waals surface area contributed by atoms with Crippen LogP contribution in [-0.4, -0.2) is 31.0 Å². The minimum absolute atomic E-state index is 0.104. The number of halogens is 3. The zero-order chi connectivity index (χ0) is 17.6. The van der Waals surface area contributed by atoms with Crippen LogP contribution in [0.2, 0.25) is 0 Å². The Morgan fingerprint density at radius 3 is 2.84 bits per heavy atom. The van der Waals surface area contributed by atoms with Gasteiger partial charge in [0.15, 0.2) is 22.9 Å². The van der Waals surface area contributed by atoms with Gasteiger partial charge in [0.05, 0.1) is 5.22 Å². The number of imidazole rings is 1. The molecule has 0 saturated carbocycles. The lowest BCUT2D eigenvalue weighted by atomic mass is 10.3. The van der Waals surface area contributed by atoms with Gasteiger partial charge in [0, 0.05) is 18.9 Å². The smallest absolute Gasteiger partial charge is 0.435 e. The third-order valence-electron chi connectivity index (χ3n) is 3.80. The Kier molecular flexibility index (Phi) is 3.38. The number of fused-ring (bicyclic) bond motifs is 3. The highest BCUT2D eigenvalue weighted by Gasteiger charge is 2.37. The van der Waals surface area contributed by atoms with E-state index in [2.05, 4.69) is 15.1 Å². The van der Waals surface area contributed by atoms with Gasteiger partial charge >= 0.3 is 6.18 Å². The predicted octanol–water partition coefficient (Wildman–Crippen LogP) is 2.46. The summed E-state index contributed by atoms with van der Waals surface area (Å²) in [6.45, 7) is 2.54. The molecule has 6 nitrogen and oxygen atoms in total. The first-order valence-corrected chi connectivity index (χ1v) is 7.51. The molecule has 9 heteroatoms. The second kappa shape index (κ2) is 5.47. The van der Waals surface area contributed by atoms with Gasteiger partial charge in [-0.3, -0.25) is 0 Å². The van der Waals surface area contributed by atoms with E-state index in [-0.39, 0.29) is 16.5 Å². The summed E-state index contributed by atoms with van der Waals surface area (Å²) >= 11 is 0. The van der Waals surface area contributed by atoms with Crippen LogP contribution in [0.1, 0.15) is 12.6 Å². The first-order chi connectivity index (χ1) is 12.0. The lowest BCUT2D eigenvalue weighted by Gasteiger charge is -2.12. The van der Waals surface area contributed by atoms with Crippen LogP contribution in [0.5, 0.6) is 0 Å². The van der Waals surface area contributed by atoms with Crippen LogP contribution in [0, 0.1) is 0 Å². The number of hydrogen-bond acceptors (Lipinski definition) is 5. The molecule has 1 aliphatic heterocycles. The third kappa shape index (κ3) is 2.48. The van der Waals surface area contributed by atoms with Crippen LogP contribution in [0.25, 0.3) is 22.9 Å². The lowest BCUT2D eigenvalue weighted by molar-refractivity contribution is -0.142. The molecular weight excluding hydrogens is 335 g/mol. The second-order valence-corrected chi connectivity index (χ2v) is 5.31. The number of aromatic nitrogens is 4. The fourth-order valence-electron chi connectivity index (χ4n) is 2.66. The molecule has 0 unspecified atom stereocenters. The fraction of sp³-hybridized carbons (Fsp3) is 0.188. The van der Waals surface area contributed by atoms with Crippen molar-refractivity contribution in [3.63, 3.8) is 0 Å². The zero-order valence-electron chi connectivity index (χ0n) is 13.0. The molecule has 0 saturated heterocycles. The van der Waals surface area contributed by atoms with E-state index in [1.807, 2.05) is 6.92 Å². The Morgan fingerprint density at radius 2 is 2.08 bits per heavy atom. The Labute approximate surface area is 139 Å². The Hall–Kier alpha value is -3.10. The minimum atomic E-state index is -4.61. The summed E-state index contributed by atoms with van der Waals surface area (Å²) in [6, 6.07) is 3.34. The van der Waals surface area contributed by atoms with Gasteiger partial charge in [-0.05, 0) is 31.2 Å². The first-order valence-electron chi connectivity index (χ1n) is 7.51. The lowest BCUT2D eigenvalue weighted by Crippen LogP contribution is -2.18. The molecule has 0 amide bonds. The van der Waals surface area contributed by atoms with Crippen molar-refractivity contribution in [1.29, 1.82) is 0 Å². The monoisotopic (exact) mass is 347 g/mol. The van der Waals surface area contributed by atoms with Gasteiger partial charge in [0.2, 0.25) is 0 Å². The van der Waals surface area contributed by atoms with Crippen molar-refractivity contribution in [3.05, 3.63) is 53.7 Å². The van der Waals surface area contributed by atoms with Crippen molar-refractivity contribution in [2.45, 2.75) is 13.1 Å². The maximum Gasteiger partial charge on any atom is 0.435 e. The Bertz CT molecular complexity index is 1070. The summed E-state index contributed by atoms with van der Waals surface area (Å²) in [7, 11) is 0. The van der Waals surface area contributed by atoms with Gasteiger partial charge < -0.3 is 9.64 Å². The highest BCUT2D eigenvalue weighted by molar-refractivity contribution is 5.77. The number of ether oxygens (including phenoxy) is 1. The molecule has 0 radical (unpaired) electrons. The first kappa shape index (κ1) is 15.4. The third-order valence-corrected chi connectivity index (χ3v) is 3.80. The average molecular weight is 347 g/mol.